The third-order valence-corrected chi connectivity index (χ3v) is 6.74. The largest absolute Gasteiger partial charge is 0.496 e. The predicted octanol–water partition coefficient (Wildman–Crippen LogP) is 3.86. The van der Waals surface area contributed by atoms with Crippen molar-refractivity contribution in [3.8, 4) is 5.75 Å². The third-order valence-electron chi connectivity index (χ3n) is 5.81. The van der Waals surface area contributed by atoms with Crippen molar-refractivity contribution < 1.29 is 9.47 Å². The normalized spacial score (nSPS) is 16.5. The Morgan fingerprint density at radius 1 is 1.31 bits per heavy atom. The number of methoxy groups -OCH3 is 1. The van der Waals surface area contributed by atoms with Gasteiger partial charge in [0.05, 0.1) is 7.11 Å². The molecule has 29 heavy (non-hydrogen) atoms. The molecule has 3 rings (SSSR count). The van der Waals surface area contributed by atoms with Gasteiger partial charge in [-0.3, -0.25) is 4.99 Å². The van der Waals surface area contributed by atoms with E-state index in [1.807, 2.05) is 18.4 Å². The molecule has 0 bridgehead atoms. The van der Waals surface area contributed by atoms with E-state index in [0.29, 0.717) is 0 Å². The van der Waals surface area contributed by atoms with E-state index in [-0.39, 0.29) is 5.41 Å². The van der Waals surface area contributed by atoms with Crippen LogP contribution in [0, 0.1) is 6.92 Å². The van der Waals surface area contributed by atoms with Crippen LogP contribution < -0.4 is 10.1 Å². The van der Waals surface area contributed by atoms with Crippen molar-refractivity contribution in [3.05, 3.63) is 51.7 Å². The van der Waals surface area contributed by atoms with Gasteiger partial charge in [-0.25, -0.2) is 0 Å². The fraction of sp³-hybridized carbons (Fsp3) is 0.522. The topological polar surface area (TPSA) is 46.1 Å². The number of guanidine groups is 1. The average molecular weight is 416 g/mol. The first kappa shape index (κ1) is 21.7. The molecule has 0 amide bonds. The maximum Gasteiger partial charge on any atom is 0.193 e. The Labute approximate surface area is 178 Å². The zero-order chi connectivity index (χ0) is 20.7. The van der Waals surface area contributed by atoms with Crippen molar-refractivity contribution in [3.63, 3.8) is 0 Å². The van der Waals surface area contributed by atoms with Crippen LogP contribution in [0.25, 0.3) is 0 Å². The van der Waals surface area contributed by atoms with Crippen molar-refractivity contribution in [2.24, 2.45) is 4.99 Å². The number of thiophene rings is 1. The molecular weight excluding hydrogens is 382 g/mol. The molecule has 1 N–H and O–H groups in total. The molecule has 1 aromatic carbocycles. The number of aliphatic imine (C=N–C) groups is 1. The lowest BCUT2D eigenvalue weighted by Gasteiger charge is -2.39. The lowest BCUT2D eigenvalue weighted by molar-refractivity contribution is 0.0503. The molecule has 1 aliphatic rings. The number of hydrogen-bond donors (Lipinski definition) is 1. The highest BCUT2D eigenvalue weighted by atomic mass is 32.1. The van der Waals surface area contributed by atoms with E-state index in [0.717, 1.165) is 57.3 Å². The van der Waals surface area contributed by atoms with E-state index in [4.69, 9.17) is 9.47 Å². The molecule has 5 nitrogen and oxygen atoms in total. The summed E-state index contributed by atoms with van der Waals surface area (Å²) >= 11 is 1.81. The quantitative estimate of drug-likeness (QED) is 0.551. The molecule has 0 spiro atoms. The number of nitrogens with zero attached hydrogens (tertiary/aromatic N) is 2. The zero-order valence-electron chi connectivity index (χ0n) is 18.0. The molecule has 0 atom stereocenters. The van der Waals surface area contributed by atoms with Crippen molar-refractivity contribution in [2.75, 3.05) is 47.5 Å². The van der Waals surface area contributed by atoms with Gasteiger partial charge in [0.2, 0.25) is 0 Å². The maximum atomic E-state index is 5.73. The monoisotopic (exact) mass is 415 g/mol. The highest BCUT2D eigenvalue weighted by Crippen LogP contribution is 2.40. The molecule has 2 aromatic rings. The van der Waals surface area contributed by atoms with Gasteiger partial charge in [0.25, 0.3) is 0 Å². The van der Waals surface area contributed by atoms with Crippen LogP contribution in [-0.2, 0) is 16.6 Å². The Morgan fingerprint density at radius 3 is 2.76 bits per heavy atom. The van der Waals surface area contributed by atoms with E-state index in [9.17, 15) is 0 Å². The number of hydrogen-bond acceptors (Lipinski definition) is 4. The van der Waals surface area contributed by atoms with Crippen LogP contribution in [-0.4, -0.2) is 58.4 Å². The molecule has 1 aliphatic heterocycles. The molecule has 0 aliphatic carbocycles. The maximum absolute atomic E-state index is 5.73. The van der Waals surface area contributed by atoms with Gasteiger partial charge in [-0.2, -0.15) is 0 Å². The van der Waals surface area contributed by atoms with Crippen LogP contribution >= 0.6 is 11.3 Å². The van der Waals surface area contributed by atoms with E-state index in [1.54, 1.807) is 7.11 Å². The van der Waals surface area contributed by atoms with Gasteiger partial charge >= 0.3 is 0 Å². The van der Waals surface area contributed by atoms with E-state index in [1.165, 1.54) is 16.0 Å². The van der Waals surface area contributed by atoms with E-state index < -0.39 is 0 Å². The Hall–Kier alpha value is -2.05. The molecule has 1 fully saturated rings. The van der Waals surface area contributed by atoms with Crippen LogP contribution in [0.5, 0.6) is 5.75 Å². The first-order valence-corrected chi connectivity index (χ1v) is 11.1. The molecule has 0 saturated carbocycles. The molecule has 1 aromatic heterocycles. The summed E-state index contributed by atoms with van der Waals surface area (Å²) in [5.41, 5.74) is 2.50. The summed E-state index contributed by atoms with van der Waals surface area (Å²) in [4.78, 5) is 8.14. The molecule has 0 radical (unpaired) electrons. The highest BCUT2D eigenvalue weighted by molar-refractivity contribution is 7.09. The summed E-state index contributed by atoms with van der Waals surface area (Å²) < 4.78 is 11.4. The van der Waals surface area contributed by atoms with Gasteiger partial charge in [0.15, 0.2) is 5.96 Å². The third kappa shape index (κ3) is 5.31. The van der Waals surface area contributed by atoms with Crippen molar-refractivity contribution in [1.82, 2.24) is 10.2 Å². The van der Waals surface area contributed by atoms with E-state index in [2.05, 4.69) is 64.9 Å². The van der Waals surface area contributed by atoms with Crippen LogP contribution in [0.2, 0.25) is 0 Å². The van der Waals surface area contributed by atoms with E-state index >= 15 is 0 Å². The average Bonchev–Trinajstić information content (AvgIpc) is 3.27. The van der Waals surface area contributed by atoms with Crippen LogP contribution in [0.4, 0.5) is 0 Å². The number of nitrogens with one attached hydrogen (secondary N) is 1. The van der Waals surface area contributed by atoms with Gasteiger partial charge in [0.1, 0.15) is 5.75 Å². The van der Waals surface area contributed by atoms with Crippen molar-refractivity contribution in [2.45, 2.75) is 31.6 Å². The van der Waals surface area contributed by atoms with Crippen LogP contribution in [0.1, 0.15) is 28.8 Å². The van der Waals surface area contributed by atoms with Gasteiger partial charge in [-0.1, -0.05) is 23.8 Å². The molecule has 6 heteroatoms. The number of benzene rings is 1. The van der Waals surface area contributed by atoms with Crippen molar-refractivity contribution >= 4 is 17.3 Å². The lowest BCUT2D eigenvalue weighted by Crippen LogP contribution is -2.49. The number of ether oxygens (including phenoxy) is 2. The van der Waals surface area contributed by atoms with Crippen LogP contribution in [0.15, 0.2) is 40.7 Å². The minimum Gasteiger partial charge on any atom is -0.496 e. The fourth-order valence-corrected chi connectivity index (χ4v) is 4.71. The van der Waals surface area contributed by atoms with Gasteiger partial charge < -0.3 is 19.7 Å². The molecular formula is C23H33N3O2S. The molecule has 0 unspecified atom stereocenters. The second-order valence-electron chi connectivity index (χ2n) is 7.75. The molecule has 158 valence electrons. The Kier molecular flexibility index (Phi) is 7.56. The Balaban J connectivity index is 1.74. The SMILES string of the molecule is CN=C(NCC1(c2cc(C)ccc2OC)CCOCC1)N(C)CCc1cccs1. The smallest absolute Gasteiger partial charge is 0.193 e. The van der Waals surface area contributed by atoms with Gasteiger partial charge in [-0.05, 0) is 43.7 Å². The summed E-state index contributed by atoms with van der Waals surface area (Å²) in [5, 5.41) is 5.78. The van der Waals surface area contributed by atoms with Crippen molar-refractivity contribution in [1.29, 1.82) is 0 Å². The first-order valence-electron chi connectivity index (χ1n) is 10.2. The summed E-state index contributed by atoms with van der Waals surface area (Å²) in [6.45, 7) is 5.42. The predicted molar refractivity (Wildman–Crippen MR) is 121 cm³/mol. The number of rotatable bonds is 7. The Bertz CT molecular complexity index is 798. The summed E-state index contributed by atoms with van der Waals surface area (Å²) in [7, 11) is 5.71. The second kappa shape index (κ2) is 10.1. The Morgan fingerprint density at radius 2 is 2.10 bits per heavy atom. The fourth-order valence-electron chi connectivity index (χ4n) is 4.01. The summed E-state index contributed by atoms with van der Waals surface area (Å²) in [6, 6.07) is 10.8. The minimum absolute atomic E-state index is 0.0276. The zero-order valence-corrected chi connectivity index (χ0v) is 18.8. The molecule has 2 heterocycles. The highest BCUT2D eigenvalue weighted by Gasteiger charge is 2.37. The summed E-state index contributed by atoms with van der Waals surface area (Å²) in [6.07, 6.45) is 2.96. The van der Waals surface area contributed by atoms with Gasteiger partial charge in [-0.15, -0.1) is 11.3 Å². The second-order valence-corrected chi connectivity index (χ2v) is 8.78. The standard InChI is InChI=1S/C23H33N3O2S/c1-18-7-8-21(27-4)20(16-18)23(10-13-28-14-11-23)17-25-22(24-2)26(3)12-9-19-6-5-15-29-19/h5-8,15-16H,9-14,17H2,1-4H3,(H,24,25). The minimum atomic E-state index is -0.0276. The number of aryl methyl sites for hydroxylation is 1. The first-order chi connectivity index (χ1) is 14.1. The van der Waals surface area contributed by atoms with Gasteiger partial charge in [0, 0.05) is 56.3 Å². The lowest BCUT2D eigenvalue weighted by atomic mass is 9.73. The molecule has 1 saturated heterocycles. The van der Waals surface area contributed by atoms with Crippen LogP contribution in [0.3, 0.4) is 0 Å². The summed E-state index contributed by atoms with van der Waals surface area (Å²) in [5.74, 6) is 1.89. The number of likely N-dealkylation sites (N-methyl/N-ethyl adjacent to an activating group) is 1.